The topological polar surface area (TPSA) is 174 Å². The monoisotopic (exact) mass is 557 g/mol. The minimum atomic E-state index is -3.94. The minimum Gasteiger partial charge on any atom is -0.445 e. The second-order valence-corrected chi connectivity index (χ2v) is 11.3. The van der Waals surface area contributed by atoms with Crippen LogP contribution in [0.3, 0.4) is 0 Å². The standard InChI is InChI=1S/C26H31N5O7S/c1-17(2)14-31(39(34,35)22-8-9-23-24(11-22)38-25(27)30-23)19-5-3-4-18(10-19)6-7-20(32)12-29-26(33)36-15-21-13-28-16-37-21/h3-5,8-11,13,16-17,20,32H,6-7,12,14-15H2,1-2H3,(H2,27,30)(H,29,33). The van der Waals surface area contributed by atoms with Gasteiger partial charge >= 0.3 is 6.09 Å². The first-order chi connectivity index (χ1) is 18.6. The number of hydrogen-bond acceptors (Lipinski definition) is 10. The molecule has 4 rings (SSSR count). The van der Waals surface area contributed by atoms with Gasteiger partial charge in [-0.05, 0) is 48.6 Å². The van der Waals surface area contributed by atoms with Crippen molar-refractivity contribution < 1.29 is 31.9 Å². The third-order valence-corrected chi connectivity index (χ3v) is 7.56. The molecule has 4 aromatic rings. The lowest BCUT2D eigenvalue weighted by Gasteiger charge is -2.26. The van der Waals surface area contributed by atoms with Gasteiger partial charge in [-0.1, -0.05) is 26.0 Å². The lowest BCUT2D eigenvalue weighted by atomic mass is 10.1. The van der Waals surface area contributed by atoms with Gasteiger partial charge in [-0.25, -0.2) is 18.2 Å². The molecule has 4 N–H and O–H groups in total. The number of sulfonamides is 1. The number of aryl methyl sites for hydroxylation is 1. The van der Waals surface area contributed by atoms with Crippen LogP contribution in [0.15, 0.2) is 68.8 Å². The highest BCUT2D eigenvalue weighted by Crippen LogP contribution is 2.29. The van der Waals surface area contributed by atoms with Gasteiger partial charge in [-0.15, -0.1) is 0 Å². The smallest absolute Gasteiger partial charge is 0.407 e. The maximum atomic E-state index is 13.7. The van der Waals surface area contributed by atoms with Gasteiger partial charge in [-0.2, -0.15) is 4.98 Å². The van der Waals surface area contributed by atoms with E-state index in [9.17, 15) is 18.3 Å². The summed E-state index contributed by atoms with van der Waals surface area (Å²) < 4.78 is 44.1. The van der Waals surface area contributed by atoms with Crippen molar-refractivity contribution in [3.05, 3.63) is 66.4 Å². The minimum absolute atomic E-state index is 0.00257. The zero-order valence-corrected chi connectivity index (χ0v) is 22.4. The number of carbonyl (C=O) groups is 1. The van der Waals surface area contributed by atoms with Crippen molar-refractivity contribution in [2.24, 2.45) is 5.92 Å². The number of anilines is 2. The Morgan fingerprint density at radius 1 is 1.23 bits per heavy atom. The van der Waals surface area contributed by atoms with Gasteiger partial charge in [-0.3, -0.25) is 4.31 Å². The quantitative estimate of drug-likeness (QED) is 0.234. The van der Waals surface area contributed by atoms with Gasteiger partial charge < -0.3 is 29.7 Å². The van der Waals surface area contributed by atoms with Crippen molar-refractivity contribution in [2.75, 3.05) is 23.1 Å². The van der Waals surface area contributed by atoms with E-state index >= 15 is 0 Å². The molecule has 0 fully saturated rings. The van der Waals surface area contributed by atoms with E-state index < -0.39 is 22.2 Å². The summed E-state index contributed by atoms with van der Waals surface area (Å²) in [5, 5.41) is 12.9. The molecule has 0 aliphatic heterocycles. The van der Waals surface area contributed by atoms with E-state index in [1.807, 2.05) is 19.9 Å². The number of aromatic nitrogens is 2. The van der Waals surface area contributed by atoms with Crippen molar-refractivity contribution in [3.63, 3.8) is 0 Å². The largest absolute Gasteiger partial charge is 0.445 e. The number of aliphatic hydroxyl groups is 1. The highest BCUT2D eigenvalue weighted by molar-refractivity contribution is 7.92. The van der Waals surface area contributed by atoms with Gasteiger partial charge in [0.15, 0.2) is 24.3 Å². The summed E-state index contributed by atoms with van der Waals surface area (Å²) in [6, 6.07) is 11.6. The summed E-state index contributed by atoms with van der Waals surface area (Å²) in [5.74, 6) is 0.451. The summed E-state index contributed by atoms with van der Waals surface area (Å²) >= 11 is 0. The van der Waals surface area contributed by atoms with Crippen LogP contribution in [0.1, 0.15) is 31.6 Å². The number of oxazole rings is 2. The van der Waals surface area contributed by atoms with Crippen molar-refractivity contribution in [1.82, 2.24) is 15.3 Å². The highest BCUT2D eigenvalue weighted by Gasteiger charge is 2.27. The number of amides is 1. The maximum absolute atomic E-state index is 13.7. The first-order valence-electron chi connectivity index (χ1n) is 12.4. The molecule has 0 radical (unpaired) electrons. The SMILES string of the molecule is CC(C)CN(c1cccc(CCC(O)CNC(=O)OCc2cnco2)c1)S(=O)(=O)c1ccc2nc(N)oc2c1. The van der Waals surface area contributed by atoms with E-state index in [2.05, 4.69) is 15.3 Å². The molecule has 208 valence electrons. The molecule has 2 aromatic carbocycles. The number of ether oxygens (including phenoxy) is 1. The van der Waals surface area contributed by atoms with Crippen molar-refractivity contribution >= 4 is 38.9 Å². The third kappa shape index (κ3) is 7.27. The van der Waals surface area contributed by atoms with Crippen LogP contribution in [0.4, 0.5) is 16.5 Å². The van der Waals surface area contributed by atoms with Crippen molar-refractivity contribution in [3.8, 4) is 0 Å². The Morgan fingerprint density at radius 2 is 2.05 bits per heavy atom. The highest BCUT2D eigenvalue weighted by atomic mass is 32.2. The van der Waals surface area contributed by atoms with Crippen LogP contribution < -0.4 is 15.4 Å². The molecule has 1 amide bonds. The van der Waals surface area contributed by atoms with E-state index in [0.717, 1.165) is 5.56 Å². The number of benzene rings is 2. The Kier molecular flexibility index (Phi) is 8.72. The van der Waals surface area contributed by atoms with E-state index in [4.69, 9.17) is 19.3 Å². The fraction of sp³-hybridized carbons (Fsp3) is 0.346. The summed E-state index contributed by atoms with van der Waals surface area (Å²) in [5.41, 5.74) is 7.71. The summed E-state index contributed by atoms with van der Waals surface area (Å²) in [6.07, 6.45) is 1.96. The first kappa shape index (κ1) is 27.9. The number of carbonyl (C=O) groups excluding carboxylic acids is 1. The molecule has 0 saturated carbocycles. The van der Waals surface area contributed by atoms with Crippen LogP contribution >= 0.6 is 0 Å². The Bertz CT molecular complexity index is 1500. The molecular formula is C26H31N5O7S. The van der Waals surface area contributed by atoms with Crippen molar-refractivity contribution in [2.45, 2.75) is 44.3 Å². The number of nitrogens with two attached hydrogens (primary N) is 1. The van der Waals surface area contributed by atoms with E-state index in [1.165, 1.54) is 29.0 Å². The second kappa shape index (κ2) is 12.2. The van der Waals surface area contributed by atoms with Crippen LogP contribution in [0.25, 0.3) is 11.1 Å². The number of hydrogen-bond donors (Lipinski definition) is 3. The fourth-order valence-corrected chi connectivity index (χ4v) is 5.53. The van der Waals surface area contributed by atoms with Gasteiger partial charge in [0, 0.05) is 19.2 Å². The molecule has 1 atom stereocenters. The number of aliphatic hydroxyl groups excluding tert-OH is 1. The normalized spacial score (nSPS) is 12.5. The average Bonchev–Trinajstić information content (AvgIpc) is 3.56. The number of nitrogens with one attached hydrogen (secondary N) is 1. The van der Waals surface area contributed by atoms with Crippen LogP contribution in [-0.2, 0) is 27.8 Å². The zero-order valence-electron chi connectivity index (χ0n) is 21.6. The number of fused-ring (bicyclic) bond motifs is 1. The predicted molar refractivity (Wildman–Crippen MR) is 143 cm³/mol. The van der Waals surface area contributed by atoms with Gasteiger partial charge in [0.2, 0.25) is 0 Å². The first-order valence-corrected chi connectivity index (χ1v) is 13.8. The van der Waals surface area contributed by atoms with E-state index in [0.29, 0.717) is 29.8 Å². The Hall–Kier alpha value is -4.10. The third-order valence-electron chi connectivity index (χ3n) is 5.77. The van der Waals surface area contributed by atoms with Crippen LogP contribution in [0.2, 0.25) is 0 Å². The molecule has 2 aromatic heterocycles. The lowest BCUT2D eigenvalue weighted by Crippen LogP contribution is -2.34. The van der Waals surface area contributed by atoms with Gasteiger partial charge in [0.25, 0.3) is 16.0 Å². The summed E-state index contributed by atoms with van der Waals surface area (Å²) in [6.45, 7) is 4.06. The second-order valence-electron chi connectivity index (χ2n) is 9.40. The molecule has 1 unspecified atom stereocenters. The fourth-order valence-electron chi connectivity index (χ4n) is 3.89. The van der Waals surface area contributed by atoms with Gasteiger partial charge in [0.05, 0.1) is 22.9 Å². The molecule has 0 saturated heterocycles. The molecule has 12 nitrogen and oxygen atoms in total. The van der Waals surface area contributed by atoms with E-state index in [1.54, 1.807) is 24.3 Å². The molecule has 13 heteroatoms. The molecule has 0 aliphatic carbocycles. The Morgan fingerprint density at radius 3 is 2.79 bits per heavy atom. The van der Waals surface area contributed by atoms with Crippen molar-refractivity contribution in [1.29, 1.82) is 0 Å². The van der Waals surface area contributed by atoms with Crippen LogP contribution in [0.5, 0.6) is 0 Å². The average molecular weight is 558 g/mol. The summed E-state index contributed by atoms with van der Waals surface area (Å²) in [4.78, 5) is 19.6. The van der Waals surface area contributed by atoms with Gasteiger partial charge in [0.1, 0.15) is 5.52 Å². The Labute approximate surface area is 225 Å². The number of nitrogen functional groups attached to an aromatic ring is 1. The molecule has 0 spiro atoms. The maximum Gasteiger partial charge on any atom is 0.407 e. The molecule has 2 heterocycles. The predicted octanol–water partition coefficient (Wildman–Crippen LogP) is 3.47. The zero-order chi connectivity index (χ0) is 28.0. The lowest BCUT2D eigenvalue weighted by molar-refractivity contribution is 0.117. The molecule has 0 bridgehead atoms. The van der Waals surface area contributed by atoms with Crippen LogP contribution in [-0.4, -0.2) is 48.8 Å². The number of nitrogens with zero attached hydrogens (tertiary/aromatic N) is 3. The molecule has 39 heavy (non-hydrogen) atoms. The van der Waals surface area contributed by atoms with E-state index in [-0.39, 0.29) is 42.1 Å². The number of rotatable bonds is 12. The molecule has 0 aliphatic rings. The Balaban J connectivity index is 1.41. The van der Waals surface area contributed by atoms with Crippen LogP contribution in [0, 0.1) is 5.92 Å². The number of alkyl carbamates (subject to hydrolysis) is 1. The molecular weight excluding hydrogens is 526 g/mol. The summed E-state index contributed by atoms with van der Waals surface area (Å²) in [7, 11) is -3.94.